The van der Waals surface area contributed by atoms with Gasteiger partial charge in [0.1, 0.15) is 0 Å². The zero-order chi connectivity index (χ0) is 47.8. The third-order valence-electron chi connectivity index (χ3n) is 9.97. The van der Waals surface area contributed by atoms with Crippen molar-refractivity contribution in [1.29, 1.82) is 0 Å². The standard InChI is InChI=1S/C40H80N10O14/c51-27-19-47(20-28-52)37(61)3-13-45(14-4-38(62)48(21-29-53)22-30-54)17-11-43-35(59)1-7-41-9-10-42-8-2-36(60)44-12-18-46(15-5-39(63)49(23-31-55)24-32-56)16-6-40(64)50(25-33-57)26-34-58/h41-42,51-58H,1-34H2,(H,43,59)(H,44,60). The number of hydrogen-bond donors (Lipinski definition) is 12. The van der Waals surface area contributed by atoms with Gasteiger partial charge < -0.3 is 91.5 Å². The van der Waals surface area contributed by atoms with Crippen LogP contribution in [0.2, 0.25) is 0 Å². The third kappa shape index (κ3) is 30.5. The summed E-state index contributed by atoms with van der Waals surface area (Å²) in [6.07, 6.45) is 0.652. The molecule has 0 fully saturated rings. The summed E-state index contributed by atoms with van der Waals surface area (Å²) in [6, 6.07) is 0. The van der Waals surface area contributed by atoms with Gasteiger partial charge in [0, 0.05) is 169 Å². The van der Waals surface area contributed by atoms with Crippen LogP contribution in [-0.2, 0) is 28.8 Å². The molecule has 0 atom stereocenters. The minimum Gasteiger partial charge on any atom is -0.395 e. The lowest BCUT2D eigenvalue weighted by atomic mass is 10.2. The van der Waals surface area contributed by atoms with Gasteiger partial charge in [-0.1, -0.05) is 0 Å². The molecule has 374 valence electrons. The van der Waals surface area contributed by atoms with Crippen LogP contribution < -0.4 is 21.3 Å². The molecule has 24 heteroatoms. The van der Waals surface area contributed by atoms with Crippen molar-refractivity contribution in [2.24, 2.45) is 0 Å². The topological polar surface area (TPSA) is 332 Å². The molecular formula is C40H80N10O14. The molecular weight excluding hydrogens is 844 g/mol. The molecule has 0 aliphatic rings. The molecule has 0 aromatic rings. The van der Waals surface area contributed by atoms with Crippen molar-refractivity contribution in [3.8, 4) is 0 Å². The molecule has 0 aromatic heterocycles. The first kappa shape index (κ1) is 60.3. The van der Waals surface area contributed by atoms with Crippen LogP contribution in [0.4, 0.5) is 0 Å². The Hall–Kier alpha value is -3.66. The van der Waals surface area contributed by atoms with Crippen LogP contribution in [0.25, 0.3) is 0 Å². The molecule has 0 rings (SSSR count). The molecule has 0 bridgehead atoms. The number of nitrogens with one attached hydrogen (secondary N) is 4. The second-order valence-electron chi connectivity index (χ2n) is 14.7. The predicted molar refractivity (Wildman–Crippen MR) is 235 cm³/mol. The van der Waals surface area contributed by atoms with Crippen LogP contribution in [0.1, 0.15) is 38.5 Å². The van der Waals surface area contributed by atoms with Crippen molar-refractivity contribution in [2.45, 2.75) is 38.5 Å². The van der Waals surface area contributed by atoms with Gasteiger partial charge in [0.2, 0.25) is 35.4 Å². The summed E-state index contributed by atoms with van der Waals surface area (Å²) in [5.41, 5.74) is 0. The number of aliphatic hydroxyl groups excluding tert-OH is 8. The average molecular weight is 925 g/mol. The lowest BCUT2D eigenvalue weighted by Gasteiger charge is -2.26. The fraction of sp³-hybridized carbons (Fsp3) is 0.850. The Bertz CT molecular complexity index is 1080. The molecule has 0 spiro atoms. The van der Waals surface area contributed by atoms with E-state index in [1.807, 2.05) is 9.80 Å². The van der Waals surface area contributed by atoms with Gasteiger partial charge in [-0.3, -0.25) is 28.8 Å². The minimum atomic E-state index is -0.272. The molecule has 64 heavy (non-hydrogen) atoms. The number of nitrogens with zero attached hydrogens (tertiary/aromatic N) is 6. The molecule has 6 amide bonds. The largest absolute Gasteiger partial charge is 0.395 e. The molecule has 0 aliphatic carbocycles. The Morgan fingerprint density at radius 3 is 0.734 bits per heavy atom. The van der Waals surface area contributed by atoms with Crippen molar-refractivity contribution in [1.82, 2.24) is 50.7 Å². The third-order valence-corrected chi connectivity index (χ3v) is 9.97. The molecule has 0 aromatic carbocycles. The second kappa shape index (κ2) is 40.8. The fourth-order valence-electron chi connectivity index (χ4n) is 6.44. The van der Waals surface area contributed by atoms with E-state index >= 15 is 0 Å². The SMILES string of the molecule is O=C(CCNCCNCCC(=O)NCCN(CCC(=O)N(CCO)CCO)CCC(=O)N(CCO)CCO)NCCN(CCC(=O)N(CCO)CCO)CCC(=O)N(CCO)CCO. The summed E-state index contributed by atoms with van der Waals surface area (Å²) in [5, 5.41) is 86.1. The Balaban J connectivity index is 4.73. The van der Waals surface area contributed by atoms with Gasteiger partial charge in [0.15, 0.2) is 0 Å². The number of carbonyl (C=O) groups excluding carboxylic acids is 6. The van der Waals surface area contributed by atoms with Gasteiger partial charge >= 0.3 is 0 Å². The monoisotopic (exact) mass is 925 g/mol. The second-order valence-corrected chi connectivity index (χ2v) is 14.7. The average Bonchev–Trinajstić information content (AvgIpc) is 3.27. The maximum atomic E-state index is 12.7. The van der Waals surface area contributed by atoms with Crippen LogP contribution in [0.5, 0.6) is 0 Å². The molecule has 0 radical (unpaired) electrons. The van der Waals surface area contributed by atoms with Gasteiger partial charge in [-0.05, 0) is 0 Å². The van der Waals surface area contributed by atoms with Crippen LogP contribution in [0, 0.1) is 0 Å². The lowest BCUT2D eigenvalue weighted by Crippen LogP contribution is -2.42. The summed E-state index contributed by atoms with van der Waals surface area (Å²) in [6.45, 7) is 2.70. The molecule has 0 saturated carbocycles. The molecule has 0 heterocycles. The van der Waals surface area contributed by atoms with Crippen molar-refractivity contribution in [3.63, 3.8) is 0 Å². The van der Waals surface area contributed by atoms with Crippen molar-refractivity contribution >= 4 is 35.4 Å². The first-order valence-electron chi connectivity index (χ1n) is 22.3. The van der Waals surface area contributed by atoms with Crippen LogP contribution in [-0.4, -0.2) is 289 Å². The molecule has 0 unspecified atom stereocenters. The normalized spacial score (nSPS) is 11.2. The number of amides is 6. The van der Waals surface area contributed by atoms with Gasteiger partial charge in [0.25, 0.3) is 0 Å². The number of hydrogen-bond acceptors (Lipinski definition) is 18. The maximum absolute atomic E-state index is 12.7. The number of aliphatic hydroxyl groups is 8. The first-order valence-corrected chi connectivity index (χ1v) is 22.3. The maximum Gasteiger partial charge on any atom is 0.224 e. The highest BCUT2D eigenvalue weighted by Crippen LogP contribution is 2.04. The first-order chi connectivity index (χ1) is 30.9. The molecule has 0 aliphatic heterocycles. The van der Waals surface area contributed by atoms with Gasteiger partial charge in [-0.25, -0.2) is 0 Å². The van der Waals surface area contributed by atoms with Crippen LogP contribution >= 0.6 is 0 Å². The Labute approximate surface area is 377 Å². The summed E-state index contributed by atoms with van der Waals surface area (Å²) in [5.74, 6) is -1.49. The van der Waals surface area contributed by atoms with E-state index in [4.69, 9.17) is 0 Å². The van der Waals surface area contributed by atoms with Gasteiger partial charge in [-0.2, -0.15) is 0 Å². The van der Waals surface area contributed by atoms with Crippen molar-refractivity contribution in [2.75, 3.05) is 184 Å². The smallest absolute Gasteiger partial charge is 0.224 e. The van der Waals surface area contributed by atoms with Crippen LogP contribution in [0.3, 0.4) is 0 Å². The molecule has 12 N–H and O–H groups in total. The Morgan fingerprint density at radius 2 is 0.516 bits per heavy atom. The van der Waals surface area contributed by atoms with Crippen molar-refractivity contribution in [3.05, 3.63) is 0 Å². The minimum absolute atomic E-state index is 0.0655. The van der Waals surface area contributed by atoms with Crippen molar-refractivity contribution < 1.29 is 69.6 Å². The van der Waals surface area contributed by atoms with E-state index in [1.165, 1.54) is 19.6 Å². The van der Waals surface area contributed by atoms with Gasteiger partial charge in [-0.15, -0.1) is 0 Å². The summed E-state index contributed by atoms with van der Waals surface area (Å²) in [4.78, 5) is 85.0. The summed E-state index contributed by atoms with van der Waals surface area (Å²) < 4.78 is 0. The zero-order valence-electron chi connectivity index (χ0n) is 37.8. The highest BCUT2D eigenvalue weighted by Gasteiger charge is 2.20. The van der Waals surface area contributed by atoms with Gasteiger partial charge in [0.05, 0.1) is 52.9 Å². The predicted octanol–water partition coefficient (Wildman–Crippen LogP) is -7.40. The van der Waals surface area contributed by atoms with Crippen LogP contribution in [0.15, 0.2) is 0 Å². The Kier molecular flexibility index (Phi) is 38.5. The Morgan fingerprint density at radius 1 is 0.281 bits per heavy atom. The fourth-order valence-corrected chi connectivity index (χ4v) is 6.44. The highest BCUT2D eigenvalue weighted by atomic mass is 16.3. The van der Waals surface area contributed by atoms with E-state index in [-0.39, 0.29) is 218 Å². The summed E-state index contributed by atoms with van der Waals surface area (Å²) in [7, 11) is 0. The number of rotatable bonds is 43. The van der Waals surface area contributed by atoms with E-state index in [9.17, 15) is 69.6 Å². The lowest BCUT2D eigenvalue weighted by molar-refractivity contribution is -0.134. The van der Waals surface area contributed by atoms with E-state index in [0.717, 1.165) is 0 Å². The summed E-state index contributed by atoms with van der Waals surface area (Å²) >= 11 is 0. The quantitative estimate of drug-likeness (QED) is 0.0253. The zero-order valence-corrected chi connectivity index (χ0v) is 37.8. The van der Waals surface area contributed by atoms with E-state index in [1.54, 1.807) is 0 Å². The molecule has 0 saturated heterocycles. The molecule has 24 nitrogen and oxygen atoms in total. The number of carbonyl (C=O) groups is 6. The van der Waals surface area contributed by atoms with E-state index in [0.29, 0.717) is 39.3 Å². The van der Waals surface area contributed by atoms with E-state index < -0.39 is 0 Å². The highest BCUT2D eigenvalue weighted by molar-refractivity contribution is 5.78. The van der Waals surface area contributed by atoms with E-state index in [2.05, 4.69) is 21.3 Å².